The van der Waals surface area contributed by atoms with Crippen LogP contribution < -0.4 is 0 Å². The highest BCUT2D eigenvalue weighted by Gasteiger charge is 2.65. The largest absolute Gasteiger partial charge is 0.469 e. The van der Waals surface area contributed by atoms with Crippen LogP contribution in [0.1, 0.15) is 113 Å². The van der Waals surface area contributed by atoms with Gasteiger partial charge in [-0.1, -0.05) is 64.1 Å². The van der Waals surface area contributed by atoms with Crippen molar-refractivity contribution < 1.29 is 33.4 Å². The molecule has 3 aliphatic rings. The Morgan fingerprint density at radius 1 is 0.830 bits per heavy atom. The number of ether oxygens (including phenoxy) is 3. The normalized spacial score (nSPS) is 31.9. The number of esters is 3. The topological polar surface area (TPSA) is 96.0 Å². The second-order valence-corrected chi connectivity index (χ2v) is 14.8. The fraction of sp³-hybridized carbons (Fsp3) is 0.600. The molecule has 2 aromatic carbocycles. The van der Waals surface area contributed by atoms with Gasteiger partial charge in [0.1, 0.15) is 18.0 Å². The highest BCUT2D eigenvalue weighted by Crippen LogP contribution is 2.67. The van der Waals surface area contributed by atoms with Crippen molar-refractivity contribution in [3.63, 3.8) is 0 Å². The van der Waals surface area contributed by atoms with Gasteiger partial charge in [-0.15, -0.1) is 0 Å². The van der Waals surface area contributed by atoms with Crippen LogP contribution >= 0.6 is 0 Å². The van der Waals surface area contributed by atoms with Crippen LogP contribution in [0, 0.1) is 40.4 Å². The third-order valence-corrected chi connectivity index (χ3v) is 12.4. The summed E-state index contributed by atoms with van der Waals surface area (Å²) >= 11 is 0. The van der Waals surface area contributed by atoms with Gasteiger partial charge >= 0.3 is 17.9 Å². The molecular weight excluding hydrogens is 592 g/mol. The molecule has 47 heavy (non-hydrogen) atoms. The lowest BCUT2D eigenvalue weighted by Crippen LogP contribution is -2.60. The van der Waals surface area contributed by atoms with Crippen LogP contribution in [-0.2, 0) is 23.8 Å². The number of fused-ring (bicyclic) bond motifs is 3. The molecule has 0 radical (unpaired) electrons. The quantitative estimate of drug-likeness (QED) is 0.170. The van der Waals surface area contributed by atoms with Crippen LogP contribution in [-0.4, -0.2) is 43.0 Å². The molecule has 3 fully saturated rings. The molecule has 0 aliphatic heterocycles. The van der Waals surface area contributed by atoms with Gasteiger partial charge in [-0.2, -0.15) is 0 Å². The molecular formula is C40H52O7. The van der Waals surface area contributed by atoms with Gasteiger partial charge < -0.3 is 14.2 Å². The lowest BCUT2D eigenvalue weighted by molar-refractivity contribution is -0.182. The minimum atomic E-state index is -0.393. The van der Waals surface area contributed by atoms with Crippen LogP contribution in [0.5, 0.6) is 0 Å². The Morgan fingerprint density at radius 3 is 2.04 bits per heavy atom. The lowest BCUT2D eigenvalue weighted by atomic mass is 9.46. The van der Waals surface area contributed by atoms with E-state index in [0.717, 1.165) is 32.1 Å². The number of carbonyl (C=O) groups excluding carboxylic acids is 4. The molecule has 0 saturated heterocycles. The Morgan fingerprint density at radius 2 is 1.45 bits per heavy atom. The Kier molecular flexibility index (Phi) is 10.9. The first-order valence-electron chi connectivity index (χ1n) is 17.6. The number of rotatable bonds is 12. The smallest absolute Gasteiger partial charge is 0.338 e. The van der Waals surface area contributed by atoms with Gasteiger partial charge in [0.2, 0.25) is 0 Å². The highest BCUT2D eigenvalue weighted by atomic mass is 16.6. The number of ketones is 1. The Balaban J connectivity index is 1.53. The van der Waals surface area contributed by atoms with E-state index in [1.54, 1.807) is 24.3 Å². The summed E-state index contributed by atoms with van der Waals surface area (Å²) in [6, 6.07) is 18.3. The van der Waals surface area contributed by atoms with Crippen LogP contribution in [0.2, 0.25) is 0 Å². The average molecular weight is 645 g/mol. The summed E-state index contributed by atoms with van der Waals surface area (Å²) in [6.07, 6.45) is 6.28. The summed E-state index contributed by atoms with van der Waals surface area (Å²) in [7, 11) is 1.42. The predicted molar refractivity (Wildman–Crippen MR) is 179 cm³/mol. The molecule has 0 bridgehead atoms. The first-order valence-corrected chi connectivity index (χ1v) is 17.6. The van der Waals surface area contributed by atoms with E-state index in [2.05, 4.69) is 20.8 Å². The molecule has 2 aromatic rings. The molecule has 0 N–H and O–H groups in total. The first-order chi connectivity index (χ1) is 22.5. The van der Waals surface area contributed by atoms with Gasteiger partial charge in [-0.3, -0.25) is 9.59 Å². The van der Waals surface area contributed by atoms with E-state index in [-0.39, 0.29) is 70.9 Å². The van der Waals surface area contributed by atoms with Crippen molar-refractivity contribution in [3.8, 4) is 0 Å². The van der Waals surface area contributed by atoms with Gasteiger partial charge in [0, 0.05) is 30.6 Å². The lowest BCUT2D eigenvalue weighted by Gasteiger charge is -2.61. The van der Waals surface area contributed by atoms with Crippen molar-refractivity contribution >= 4 is 23.7 Å². The summed E-state index contributed by atoms with van der Waals surface area (Å²) in [5, 5.41) is 0. The molecule has 7 nitrogen and oxygen atoms in total. The highest BCUT2D eigenvalue weighted by molar-refractivity contribution is 5.90. The molecule has 9 atom stereocenters. The summed E-state index contributed by atoms with van der Waals surface area (Å²) in [5.74, 6) is 0.104. The number of Topliss-reactive ketones (excluding diaryl/α,β-unsaturated/α-hetero) is 1. The number of methoxy groups -OCH3 is 1. The molecule has 0 aromatic heterocycles. The van der Waals surface area contributed by atoms with Crippen molar-refractivity contribution in [2.75, 3.05) is 7.11 Å². The Labute approximate surface area is 280 Å². The summed E-state index contributed by atoms with van der Waals surface area (Å²) in [6.45, 7) is 8.70. The van der Waals surface area contributed by atoms with Crippen molar-refractivity contribution in [2.45, 2.75) is 104 Å². The zero-order valence-electron chi connectivity index (χ0n) is 28.7. The summed E-state index contributed by atoms with van der Waals surface area (Å²) in [4.78, 5) is 52.0. The fourth-order valence-electron chi connectivity index (χ4n) is 9.70. The van der Waals surface area contributed by atoms with E-state index in [9.17, 15) is 19.2 Å². The van der Waals surface area contributed by atoms with E-state index >= 15 is 0 Å². The molecule has 3 saturated carbocycles. The monoisotopic (exact) mass is 644 g/mol. The van der Waals surface area contributed by atoms with Gasteiger partial charge in [0.15, 0.2) is 0 Å². The molecule has 0 heterocycles. The maximum atomic E-state index is 13.7. The van der Waals surface area contributed by atoms with Crippen LogP contribution in [0.3, 0.4) is 0 Å². The fourth-order valence-corrected chi connectivity index (χ4v) is 9.70. The van der Waals surface area contributed by atoms with Crippen LogP contribution in [0.15, 0.2) is 60.7 Å². The second kappa shape index (κ2) is 14.7. The predicted octanol–water partition coefficient (Wildman–Crippen LogP) is 8.25. The SMILES string of the molecule is CCC(=O)CC[C@@]1(C)CC[C@@H](OC(=O)c2ccccc2)C2C1C[C@H](OC(=O)c1ccccc1)[C@]1(C)C(C(C)CCC(=O)OC)CCC21. The van der Waals surface area contributed by atoms with E-state index in [4.69, 9.17) is 14.2 Å². The van der Waals surface area contributed by atoms with E-state index in [0.29, 0.717) is 43.2 Å². The number of carbonyl (C=O) groups is 4. The average Bonchev–Trinajstić information content (AvgIpc) is 3.46. The first kappa shape index (κ1) is 34.8. The molecule has 5 rings (SSSR count). The number of benzene rings is 2. The third kappa shape index (κ3) is 7.19. The summed E-state index contributed by atoms with van der Waals surface area (Å²) < 4.78 is 18.0. The molecule has 0 amide bonds. The van der Waals surface area contributed by atoms with Crippen LogP contribution in [0.25, 0.3) is 0 Å². The van der Waals surface area contributed by atoms with Crippen molar-refractivity contribution in [2.24, 2.45) is 40.4 Å². The Bertz CT molecular complexity index is 1410. The standard InChI is InChI=1S/C40H52O7/c1-6-29(41)21-23-39(3)24-22-33(46-37(43)27-13-9-7-10-14-27)36-31-19-18-30(26(2)17-20-35(42)45-5)40(31,4)34(25-32(36)39)47-38(44)28-15-11-8-12-16-28/h7-16,26,30-34,36H,6,17-25H2,1-5H3/t26?,30?,31?,32?,33-,34+,36?,39+,40-/m1/s1. The zero-order chi connectivity index (χ0) is 33.8. The number of hydrogen-bond acceptors (Lipinski definition) is 7. The maximum absolute atomic E-state index is 13.7. The van der Waals surface area contributed by atoms with Crippen LogP contribution in [0.4, 0.5) is 0 Å². The zero-order valence-corrected chi connectivity index (χ0v) is 28.7. The van der Waals surface area contributed by atoms with Gasteiger partial charge in [-0.25, -0.2) is 9.59 Å². The maximum Gasteiger partial charge on any atom is 0.338 e. The third-order valence-electron chi connectivity index (χ3n) is 12.4. The van der Waals surface area contributed by atoms with Crippen molar-refractivity contribution in [1.29, 1.82) is 0 Å². The molecule has 3 aliphatic carbocycles. The second-order valence-electron chi connectivity index (χ2n) is 14.8. The molecule has 5 unspecified atom stereocenters. The number of hydrogen-bond donors (Lipinski definition) is 0. The molecule has 254 valence electrons. The minimum absolute atomic E-state index is 0.0626. The van der Waals surface area contributed by atoms with Crippen molar-refractivity contribution in [1.82, 2.24) is 0 Å². The summed E-state index contributed by atoms with van der Waals surface area (Å²) in [5.41, 5.74) is 0.506. The molecule has 0 spiro atoms. The van der Waals surface area contributed by atoms with Crippen molar-refractivity contribution in [3.05, 3.63) is 71.8 Å². The Hall–Kier alpha value is -3.48. The molecule has 7 heteroatoms. The van der Waals surface area contributed by atoms with Gasteiger partial charge in [0.05, 0.1) is 18.2 Å². The minimum Gasteiger partial charge on any atom is -0.469 e. The van der Waals surface area contributed by atoms with E-state index in [1.807, 2.05) is 43.3 Å². The van der Waals surface area contributed by atoms with E-state index < -0.39 is 5.41 Å². The van der Waals surface area contributed by atoms with E-state index in [1.165, 1.54) is 7.11 Å². The van der Waals surface area contributed by atoms with Gasteiger partial charge in [0.25, 0.3) is 0 Å². The van der Waals surface area contributed by atoms with Gasteiger partial charge in [-0.05, 0) is 98.3 Å².